The Bertz CT molecular complexity index is 629. The lowest BCUT2D eigenvalue weighted by molar-refractivity contribution is -0.117. The molecular weight excluding hydrogens is 262 g/mol. The molecule has 0 saturated heterocycles. The maximum absolute atomic E-state index is 13.5. The van der Waals surface area contributed by atoms with Crippen molar-refractivity contribution in [2.75, 3.05) is 5.32 Å². The predicted molar refractivity (Wildman–Crippen MR) is 73.0 cm³/mol. The molecular formula is C15H14F2N2O. The van der Waals surface area contributed by atoms with E-state index in [-0.39, 0.29) is 18.5 Å². The van der Waals surface area contributed by atoms with Crippen molar-refractivity contribution in [3.05, 3.63) is 65.2 Å². The van der Waals surface area contributed by atoms with Crippen molar-refractivity contribution >= 4 is 11.6 Å². The molecule has 0 bridgehead atoms. The van der Waals surface area contributed by atoms with Crippen LogP contribution in [0, 0.1) is 11.6 Å². The maximum atomic E-state index is 13.5. The molecule has 0 fully saturated rings. The minimum Gasteiger partial charge on any atom is -0.381 e. The Morgan fingerprint density at radius 1 is 1.05 bits per heavy atom. The third-order valence-electron chi connectivity index (χ3n) is 2.88. The van der Waals surface area contributed by atoms with Crippen molar-refractivity contribution in [2.45, 2.75) is 13.0 Å². The lowest BCUT2D eigenvalue weighted by Crippen LogP contribution is -2.15. The molecule has 0 heterocycles. The summed E-state index contributed by atoms with van der Waals surface area (Å²) >= 11 is 0. The molecule has 2 rings (SSSR count). The van der Waals surface area contributed by atoms with Crippen molar-refractivity contribution in [3.63, 3.8) is 0 Å². The predicted octanol–water partition coefficient (Wildman–Crippen LogP) is 2.60. The molecule has 0 aliphatic heterocycles. The SMILES string of the molecule is NC(=O)Cc1ccccc1NCc1cccc(F)c1F. The van der Waals surface area contributed by atoms with E-state index in [1.807, 2.05) is 0 Å². The number of anilines is 1. The second-order valence-electron chi connectivity index (χ2n) is 4.37. The molecule has 0 aromatic heterocycles. The Labute approximate surface area is 115 Å². The van der Waals surface area contributed by atoms with Gasteiger partial charge in [-0.1, -0.05) is 30.3 Å². The third-order valence-corrected chi connectivity index (χ3v) is 2.88. The van der Waals surface area contributed by atoms with Gasteiger partial charge in [-0.3, -0.25) is 4.79 Å². The fourth-order valence-corrected chi connectivity index (χ4v) is 1.91. The lowest BCUT2D eigenvalue weighted by atomic mass is 10.1. The first-order chi connectivity index (χ1) is 9.58. The van der Waals surface area contributed by atoms with Crippen LogP contribution in [0.3, 0.4) is 0 Å². The van der Waals surface area contributed by atoms with Gasteiger partial charge in [-0.25, -0.2) is 8.78 Å². The van der Waals surface area contributed by atoms with Crippen LogP contribution >= 0.6 is 0 Å². The summed E-state index contributed by atoms with van der Waals surface area (Å²) in [6.45, 7) is 0.124. The number of amides is 1. The van der Waals surface area contributed by atoms with Gasteiger partial charge in [0, 0.05) is 17.8 Å². The summed E-state index contributed by atoms with van der Waals surface area (Å²) in [7, 11) is 0. The fourth-order valence-electron chi connectivity index (χ4n) is 1.91. The zero-order valence-corrected chi connectivity index (χ0v) is 10.7. The van der Waals surface area contributed by atoms with Gasteiger partial charge in [0.2, 0.25) is 5.91 Å². The highest BCUT2D eigenvalue weighted by Crippen LogP contribution is 2.18. The minimum atomic E-state index is -0.880. The van der Waals surface area contributed by atoms with E-state index in [1.54, 1.807) is 24.3 Å². The number of nitrogens with one attached hydrogen (secondary N) is 1. The van der Waals surface area contributed by atoms with Crippen molar-refractivity contribution in [1.82, 2.24) is 0 Å². The van der Waals surface area contributed by atoms with E-state index >= 15 is 0 Å². The van der Waals surface area contributed by atoms with E-state index in [9.17, 15) is 13.6 Å². The summed E-state index contributed by atoms with van der Waals surface area (Å²) < 4.78 is 26.6. The van der Waals surface area contributed by atoms with E-state index < -0.39 is 17.5 Å². The van der Waals surface area contributed by atoms with Crippen molar-refractivity contribution in [2.24, 2.45) is 5.73 Å². The molecule has 2 aromatic carbocycles. The number of hydrogen-bond acceptors (Lipinski definition) is 2. The number of benzene rings is 2. The zero-order valence-electron chi connectivity index (χ0n) is 10.7. The average Bonchev–Trinajstić information content (AvgIpc) is 2.41. The first kappa shape index (κ1) is 14.0. The van der Waals surface area contributed by atoms with Crippen molar-refractivity contribution in [3.8, 4) is 0 Å². The quantitative estimate of drug-likeness (QED) is 0.882. The van der Waals surface area contributed by atoms with Crippen LogP contribution in [-0.2, 0) is 17.8 Å². The zero-order chi connectivity index (χ0) is 14.5. The smallest absolute Gasteiger partial charge is 0.221 e. The third kappa shape index (κ3) is 3.32. The number of nitrogens with two attached hydrogens (primary N) is 1. The van der Waals surface area contributed by atoms with Crippen LogP contribution in [0.15, 0.2) is 42.5 Å². The Morgan fingerprint density at radius 3 is 2.50 bits per heavy atom. The van der Waals surface area contributed by atoms with Gasteiger partial charge in [0.15, 0.2) is 11.6 Å². The number of hydrogen-bond donors (Lipinski definition) is 2. The number of halogens is 2. The summed E-state index contributed by atoms with van der Waals surface area (Å²) in [5.41, 5.74) is 6.78. The minimum absolute atomic E-state index is 0.0921. The molecule has 2 aromatic rings. The van der Waals surface area contributed by atoms with Crippen LogP contribution in [0.4, 0.5) is 14.5 Å². The molecule has 20 heavy (non-hydrogen) atoms. The fraction of sp³-hybridized carbons (Fsp3) is 0.133. The van der Waals surface area contributed by atoms with Gasteiger partial charge >= 0.3 is 0 Å². The van der Waals surface area contributed by atoms with Crippen LogP contribution in [-0.4, -0.2) is 5.91 Å². The van der Waals surface area contributed by atoms with Crippen LogP contribution < -0.4 is 11.1 Å². The normalized spacial score (nSPS) is 10.3. The maximum Gasteiger partial charge on any atom is 0.221 e. The lowest BCUT2D eigenvalue weighted by Gasteiger charge is -2.11. The molecule has 3 N–H and O–H groups in total. The van der Waals surface area contributed by atoms with E-state index in [4.69, 9.17) is 5.73 Å². The molecule has 0 radical (unpaired) electrons. The monoisotopic (exact) mass is 276 g/mol. The summed E-state index contributed by atoms with van der Waals surface area (Å²) in [4.78, 5) is 11.0. The molecule has 0 aliphatic carbocycles. The number of para-hydroxylation sites is 1. The number of carbonyl (C=O) groups excluding carboxylic acids is 1. The molecule has 0 aliphatic rings. The molecule has 5 heteroatoms. The first-order valence-electron chi connectivity index (χ1n) is 6.11. The summed E-state index contributed by atoms with van der Waals surface area (Å²) in [5, 5.41) is 2.99. The van der Waals surface area contributed by atoms with E-state index in [0.29, 0.717) is 5.69 Å². The van der Waals surface area contributed by atoms with Gasteiger partial charge in [0.25, 0.3) is 0 Å². The summed E-state index contributed by atoms with van der Waals surface area (Å²) in [6.07, 6.45) is 0.0921. The molecule has 104 valence electrons. The van der Waals surface area contributed by atoms with E-state index in [1.165, 1.54) is 12.1 Å². The van der Waals surface area contributed by atoms with Crippen LogP contribution in [0.1, 0.15) is 11.1 Å². The topological polar surface area (TPSA) is 55.1 Å². The molecule has 0 spiro atoms. The number of carbonyl (C=O) groups is 1. The standard InChI is InChI=1S/C15H14F2N2O/c16-12-6-3-5-11(15(12)17)9-19-13-7-2-1-4-10(13)8-14(18)20/h1-7,19H,8-9H2,(H2,18,20). The highest BCUT2D eigenvalue weighted by molar-refractivity contribution is 5.78. The highest BCUT2D eigenvalue weighted by atomic mass is 19.2. The Hall–Kier alpha value is -2.43. The van der Waals surface area contributed by atoms with Crippen molar-refractivity contribution < 1.29 is 13.6 Å². The Kier molecular flexibility index (Phi) is 4.30. The van der Waals surface area contributed by atoms with Gasteiger partial charge in [0.05, 0.1) is 6.42 Å². The van der Waals surface area contributed by atoms with E-state index in [2.05, 4.69) is 5.32 Å². The molecule has 0 atom stereocenters. The second kappa shape index (κ2) is 6.14. The first-order valence-corrected chi connectivity index (χ1v) is 6.11. The number of primary amides is 1. The average molecular weight is 276 g/mol. The number of rotatable bonds is 5. The van der Waals surface area contributed by atoms with Gasteiger partial charge < -0.3 is 11.1 Å². The molecule has 3 nitrogen and oxygen atoms in total. The molecule has 0 saturated carbocycles. The van der Waals surface area contributed by atoms with E-state index in [0.717, 1.165) is 11.6 Å². The van der Waals surface area contributed by atoms with Crippen LogP contribution in [0.2, 0.25) is 0 Å². The Balaban J connectivity index is 2.15. The molecule has 0 unspecified atom stereocenters. The largest absolute Gasteiger partial charge is 0.381 e. The van der Waals surface area contributed by atoms with Crippen molar-refractivity contribution in [1.29, 1.82) is 0 Å². The Morgan fingerprint density at radius 2 is 1.75 bits per heavy atom. The molecule has 1 amide bonds. The van der Waals surface area contributed by atoms with Crippen LogP contribution in [0.5, 0.6) is 0 Å². The van der Waals surface area contributed by atoms with Gasteiger partial charge in [-0.2, -0.15) is 0 Å². The summed E-state index contributed by atoms with van der Waals surface area (Å²) in [5.74, 6) is -2.20. The summed E-state index contributed by atoms with van der Waals surface area (Å²) in [6, 6.07) is 11.1. The second-order valence-corrected chi connectivity index (χ2v) is 4.37. The highest BCUT2D eigenvalue weighted by Gasteiger charge is 2.09. The van der Waals surface area contributed by atoms with Gasteiger partial charge in [-0.05, 0) is 17.7 Å². The van der Waals surface area contributed by atoms with Crippen LogP contribution in [0.25, 0.3) is 0 Å². The van der Waals surface area contributed by atoms with Gasteiger partial charge in [0.1, 0.15) is 0 Å². The van der Waals surface area contributed by atoms with Gasteiger partial charge in [-0.15, -0.1) is 0 Å².